The highest BCUT2D eigenvalue weighted by Crippen LogP contribution is 2.27. The largest absolute Gasteiger partial charge is 0.295 e. The maximum absolute atomic E-state index is 13.6. The van der Waals surface area contributed by atoms with Gasteiger partial charge in [0, 0.05) is 0 Å². The van der Waals surface area contributed by atoms with E-state index in [0.717, 1.165) is 33.7 Å². The third-order valence-electron chi connectivity index (χ3n) is 3.48. The Hall–Kier alpha value is -1.87. The number of aryl methyl sites for hydroxylation is 2. The van der Waals surface area contributed by atoms with Crippen LogP contribution in [0, 0.1) is 19.7 Å². The first-order valence-corrected chi connectivity index (χ1v) is 6.94. The van der Waals surface area contributed by atoms with Gasteiger partial charge in [-0.15, -0.1) is 11.6 Å². The number of aromatic nitrogens is 2. The van der Waals surface area contributed by atoms with Crippen LogP contribution in [0.2, 0.25) is 0 Å². The highest BCUT2D eigenvalue weighted by Gasteiger charge is 2.15. The molecule has 0 aliphatic heterocycles. The predicted octanol–water partition coefficient (Wildman–Crippen LogP) is 4.52. The molecule has 0 bridgehead atoms. The van der Waals surface area contributed by atoms with Crippen molar-refractivity contribution in [2.24, 2.45) is 0 Å². The minimum Gasteiger partial charge on any atom is -0.295 e. The first-order valence-electron chi connectivity index (χ1n) is 6.41. The van der Waals surface area contributed by atoms with Crippen LogP contribution in [-0.2, 0) is 5.88 Å². The zero-order chi connectivity index (χ0) is 14.3. The Morgan fingerprint density at radius 1 is 1.15 bits per heavy atom. The maximum atomic E-state index is 13.6. The average molecular weight is 289 g/mol. The van der Waals surface area contributed by atoms with E-state index >= 15 is 0 Å². The number of benzene rings is 2. The maximum Gasteiger partial charge on any atom is 0.129 e. The first kappa shape index (κ1) is 13.1. The van der Waals surface area contributed by atoms with E-state index in [2.05, 4.69) is 4.98 Å². The Kier molecular flexibility index (Phi) is 3.22. The molecule has 0 amide bonds. The minimum absolute atomic E-state index is 0.262. The SMILES string of the molecule is Cc1ccc(F)cc1-n1c(CCl)nc2cccc(C)c21. The summed E-state index contributed by atoms with van der Waals surface area (Å²) < 4.78 is 15.6. The Morgan fingerprint density at radius 3 is 2.70 bits per heavy atom. The molecule has 0 saturated heterocycles. The number of para-hydroxylation sites is 1. The fourth-order valence-electron chi connectivity index (χ4n) is 2.52. The molecule has 4 heteroatoms. The summed E-state index contributed by atoms with van der Waals surface area (Å²) in [4.78, 5) is 4.55. The van der Waals surface area contributed by atoms with Crippen molar-refractivity contribution in [1.82, 2.24) is 9.55 Å². The number of imidazole rings is 1. The van der Waals surface area contributed by atoms with Gasteiger partial charge in [0.15, 0.2) is 0 Å². The van der Waals surface area contributed by atoms with Crippen LogP contribution in [0.4, 0.5) is 4.39 Å². The summed E-state index contributed by atoms with van der Waals surface area (Å²) in [5.74, 6) is 0.746. The number of nitrogens with zero attached hydrogens (tertiary/aromatic N) is 2. The molecule has 1 heterocycles. The summed E-state index contributed by atoms with van der Waals surface area (Å²) in [7, 11) is 0. The molecule has 1 aromatic heterocycles. The van der Waals surface area contributed by atoms with Crippen molar-refractivity contribution in [1.29, 1.82) is 0 Å². The second kappa shape index (κ2) is 4.91. The van der Waals surface area contributed by atoms with Gasteiger partial charge in [0.2, 0.25) is 0 Å². The summed E-state index contributed by atoms with van der Waals surface area (Å²) in [6.45, 7) is 3.98. The fraction of sp³-hybridized carbons (Fsp3) is 0.188. The van der Waals surface area contributed by atoms with Gasteiger partial charge in [-0.25, -0.2) is 9.37 Å². The fourth-order valence-corrected chi connectivity index (χ4v) is 2.69. The van der Waals surface area contributed by atoms with Gasteiger partial charge in [-0.3, -0.25) is 4.57 Å². The second-order valence-corrected chi connectivity index (χ2v) is 5.14. The predicted molar refractivity (Wildman–Crippen MR) is 80.1 cm³/mol. The van der Waals surface area contributed by atoms with Crippen molar-refractivity contribution < 1.29 is 4.39 Å². The summed E-state index contributed by atoms with van der Waals surface area (Å²) >= 11 is 6.02. The third-order valence-corrected chi connectivity index (χ3v) is 3.72. The van der Waals surface area contributed by atoms with E-state index in [9.17, 15) is 4.39 Å². The van der Waals surface area contributed by atoms with E-state index in [-0.39, 0.29) is 11.7 Å². The molecule has 3 aromatic rings. The normalized spacial score (nSPS) is 11.2. The number of hydrogen-bond acceptors (Lipinski definition) is 1. The van der Waals surface area contributed by atoms with E-state index < -0.39 is 0 Å². The first-order chi connectivity index (χ1) is 9.61. The Bertz CT molecular complexity index is 793. The van der Waals surface area contributed by atoms with Gasteiger partial charge in [0.25, 0.3) is 0 Å². The molecule has 0 aliphatic carbocycles. The van der Waals surface area contributed by atoms with Crippen molar-refractivity contribution in [2.45, 2.75) is 19.7 Å². The minimum atomic E-state index is -0.262. The van der Waals surface area contributed by atoms with Crippen LogP contribution < -0.4 is 0 Å². The zero-order valence-corrected chi connectivity index (χ0v) is 12.1. The summed E-state index contributed by atoms with van der Waals surface area (Å²) in [6, 6.07) is 10.7. The van der Waals surface area contributed by atoms with E-state index in [0.29, 0.717) is 0 Å². The number of rotatable bonds is 2. The van der Waals surface area contributed by atoms with E-state index in [1.165, 1.54) is 12.1 Å². The van der Waals surface area contributed by atoms with E-state index in [1.807, 2.05) is 36.6 Å². The smallest absolute Gasteiger partial charge is 0.129 e. The molecule has 0 atom stereocenters. The molecule has 0 aliphatic rings. The average Bonchev–Trinajstić information content (AvgIpc) is 2.81. The molecular weight excluding hydrogens is 275 g/mol. The molecule has 0 radical (unpaired) electrons. The van der Waals surface area contributed by atoms with Crippen LogP contribution in [0.3, 0.4) is 0 Å². The standard InChI is InChI=1S/C16H14ClFN2/c1-10-6-7-12(18)8-14(10)20-15(9-17)19-13-5-3-4-11(2)16(13)20/h3-8H,9H2,1-2H3. The molecule has 0 spiro atoms. The summed E-state index contributed by atoms with van der Waals surface area (Å²) in [5, 5.41) is 0. The molecule has 0 N–H and O–H groups in total. The van der Waals surface area contributed by atoms with Gasteiger partial charge in [-0.05, 0) is 43.2 Å². The van der Waals surface area contributed by atoms with Crippen LogP contribution in [-0.4, -0.2) is 9.55 Å². The number of fused-ring (bicyclic) bond motifs is 1. The lowest BCUT2D eigenvalue weighted by Crippen LogP contribution is -2.03. The Morgan fingerprint density at radius 2 is 1.95 bits per heavy atom. The molecule has 2 nitrogen and oxygen atoms in total. The van der Waals surface area contributed by atoms with Gasteiger partial charge < -0.3 is 0 Å². The Balaban J connectivity index is 2.42. The highest BCUT2D eigenvalue weighted by atomic mass is 35.5. The molecule has 20 heavy (non-hydrogen) atoms. The van der Waals surface area contributed by atoms with E-state index in [1.54, 1.807) is 6.07 Å². The summed E-state index contributed by atoms with van der Waals surface area (Å²) in [6.07, 6.45) is 0. The van der Waals surface area contributed by atoms with E-state index in [4.69, 9.17) is 11.6 Å². The van der Waals surface area contributed by atoms with Crippen molar-refractivity contribution in [3.63, 3.8) is 0 Å². The van der Waals surface area contributed by atoms with Crippen LogP contribution in [0.1, 0.15) is 17.0 Å². The lowest BCUT2D eigenvalue weighted by atomic mass is 10.1. The molecular formula is C16H14ClFN2. The molecule has 3 rings (SSSR count). The molecule has 102 valence electrons. The van der Waals surface area contributed by atoms with Crippen LogP contribution in [0.25, 0.3) is 16.7 Å². The number of alkyl halides is 1. The van der Waals surface area contributed by atoms with Gasteiger partial charge in [0.1, 0.15) is 11.6 Å². The highest BCUT2D eigenvalue weighted by molar-refractivity contribution is 6.17. The number of hydrogen-bond donors (Lipinski definition) is 0. The van der Waals surface area contributed by atoms with Crippen molar-refractivity contribution >= 4 is 22.6 Å². The second-order valence-electron chi connectivity index (χ2n) is 4.87. The monoisotopic (exact) mass is 288 g/mol. The Labute approximate surface area is 121 Å². The van der Waals surface area contributed by atoms with Crippen molar-refractivity contribution in [3.8, 4) is 5.69 Å². The van der Waals surface area contributed by atoms with Crippen molar-refractivity contribution in [3.05, 3.63) is 59.2 Å². The quantitative estimate of drug-likeness (QED) is 0.634. The summed E-state index contributed by atoms with van der Waals surface area (Å²) in [5.41, 5.74) is 4.73. The van der Waals surface area contributed by atoms with Crippen molar-refractivity contribution in [2.75, 3.05) is 0 Å². The van der Waals surface area contributed by atoms with Gasteiger partial charge >= 0.3 is 0 Å². The molecule has 0 fully saturated rings. The zero-order valence-electron chi connectivity index (χ0n) is 11.3. The lowest BCUT2D eigenvalue weighted by Gasteiger charge is -2.12. The van der Waals surface area contributed by atoms with Crippen LogP contribution in [0.15, 0.2) is 36.4 Å². The lowest BCUT2D eigenvalue weighted by molar-refractivity contribution is 0.626. The van der Waals surface area contributed by atoms with Crippen LogP contribution >= 0.6 is 11.6 Å². The van der Waals surface area contributed by atoms with Gasteiger partial charge in [0.05, 0.1) is 22.6 Å². The topological polar surface area (TPSA) is 17.8 Å². The van der Waals surface area contributed by atoms with Crippen LogP contribution in [0.5, 0.6) is 0 Å². The third kappa shape index (κ3) is 1.98. The molecule has 0 unspecified atom stereocenters. The molecule has 2 aromatic carbocycles. The number of halogens is 2. The van der Waals surface area contributed by atoms with Gasteiger partial charge in [-0.1, -0.05) is 18.2 Å². The van der Waals surface area contributed by atoms with Gasteiger partial charge in [-0.2, -0.15) is 0 Å². The molecule has 0 saturated carbocycles.